The Labute approximate surface area is 195 Å². The van der Waals surface area contributed by atoms with Crippen molar-refractivity contribution in [1.29, 1.82) is 0 Å². The van der Waals surface area contributed by atoms with Crippen LogP contribution in [-0.4, -0.2) is 43.7 Å². The molecule has 33 heavy (non-hydrogen) atoms. The molecule has 1 heterocycles. The number of carbonyl (C=O) groups is 1. The molecule has 6 heteroatoms. The van der Waals surface area contributed by atoms with Crippen LogP contribution in [0.4, 0.5) is 8.78 Å². The quantitative estimate of drug-likeness (QED) is 0.316. The van der Waals surface area contributed by atoms with Gasteiger partial charge >= 0.3 is 5.97 Å². The van der Waals surface area contributed by atoms with Crippen LogP contribution in [0.15, 0.2) is 48.5 Å². The maximum Gasteiger partial charge on any atom is 0.306 e. The Morgan fingerprint density at radius 3 is 2.58 bits per heavy atom. The van der Waals surface area contributed by atoms with E-state index in [2.05, 4.69) is 11.8 Å². The molecule has 4 nitrogen and oxygen atoms in total. The first-order chi connectivity index (χ1) is 16.0. The molecular weight excluding hydrogens is 424 g/mol. The van der Waals surface area contributed by atoms with Crippen LogP contribution in [0.3, 0.4) is 0 Å². The van der Waals surface area contributed by atoms with Gasteiger partial charge in [0.05, 0.1) is 6.61 Å². The summed E-state index contributed by atoms with van der Waals surface area (Å²) in [6.45, 7) is 7.92. The third-order valence-electron chi connectivity index (χ3n) is 6.41. The summed E-state index contributed by atoms with van der Waals surface area (Å²) in [4.78, 5) is 14.2. The van der Waals surface area contributed by atoms with E-state index in [9.17, 15) is 13.6 Å². The molecule has 3 atom stereocenters. The lowest BCUT2D eigenvalue weighted by molar-refractivity contribution is -0.145. The Hall–Kier alpha value is -2.31. The van der Waals surface area contributed by atoms with E-state index < -0.39 is 6.10 Å². The smallest absolute Gasteiger partial charge is 0.306 e. The lowest BCUT2D eigenvalue weighted by Gasteiger charge is -2.36. The highest BCUT2D eigenvalue weighted by molar-refractivity contribution is 5.69. The van der Waals surface area contributed by atoms with Crippen molar-refractivity contribution in [3.8, 4) is 0 Å². The third kappa shape index (κ3) is 7.61. The van der Waals surface area contributed by atoms with Crippen LogP contribution in [0.2, 0.25) is 0 Å². The summed E-state index contributed by atoms with van der Waals surface area (Å²) >= 11 is 0. The van der Waals surface area contributed by atoms with Gasteiger partial charge in [0.1, 0.15) is 17.7 Å². The normalized spacial score (nSPS) is 19.9. The predicted molar refractivity (Wildman–Crippen MR) is 125 cm³/mol. The monoisotopic (exact) mass is 459 g/mol. The molecular formula is C27H35F2NO3. The second-order valence-electron chi connectivity index (χ2n) is 8.87. The summed E-state index contributed by atoms with van der Waals surface area (Å²) < 4.78 is 39.0. The Morgan fingerprint density at radius 2 is 1.88 bits per heavy atom. The van der Waals surface area contributed by atoms with Gasteiger partial charge in [-0.05, 0) is 74.9 Å². The number of ether oxygens (including phenoxy) is 2. The molecule has 0 amide bonds. The first-order valence-electron chi connectivity index (χ1n) is 12.0. The summed E-state index contributed by atoms with van der Waals surface area (Å²) in [5.41, 5.74) is 1.20. The van der Waals surface area contributed by atoms with E-state index in [0.717, 1.165) is 44.5 Å². The van der Waals surface area contributed by atoms with Crippen molar-refractivity contribution in [2.75, 3.05) is 32.8 Å². The number of esters is 1. The van der Waals surface area contributed by atoms with Gasteiger partial charge in [-0.15, -0.1) is 0 Å². The standard InChI is InChI=1S/C27H35F2NO3/c1-3-32-26(31)18-22-14-16-30(19-20(22)2)15-6-7-17-33-27(21-10-12-23(28)13-11-21)24-8-4-5-9-25(24)29/h4-5,8-13,20,22,27H,3,6-7,14-19H2,1-2H3/t20-,22-,27?/m1/s1. The van der Waals surface area contributed by atoms with Crippen molar-refractivity contribution in [3.05, 3.63) is 71.3 Å². The van der Waals surface area contributed by atoms with Gasteiger partial charge in [0, 0.05) is 25.1 Å². The second-order valence-corrected chi connectivity index (χ2v) is 8.87. The average Bonchev–Trinajstić information content (AvgIpc) is 2.80. The fourth-order valence-corrected chi connectivity index (χ4v) is 4.55. The Morgan fingerprint density at radius 1 is 1.12 bits per heavy atom. The minimum atomic E-state index is -0.564. The van der Waals surface area contributed by atoms with E-state index in [1.165, 1.54) is 18.2 Å². The molecule has 0 spiro atoms. The van der Waals surface area contributed by atoms with E-state index in [1.807, 2.05) is 6.92 Å². The minimum Gasteiger partial charge on any atom is -0.466 e. The number of nitrogens with zero attached hydrogens (tertiary/aromatic N) is 1. The molecule has 2 aromatic carbocycles. The lowest BCUT2D eigenvalue weighted by atomic mass is 9.84. The Balaban J connectivity index is 1.45. The fourth-order valence-electron chi connectivity index (χ4n) is 4.55. The van der Waals surface area contributed by atoms with Gasteiger partial charge in [-0.25, -0.2) is 8.78 Å². The van der Waals surface area contributed by atoms with Gasteiger partial charge in [-0.2, -0.15) is 0 Å². The molecule has 3 rings (SSSR count). The minimum absolute atomic E-state index is 0.0921. The Bertz CT molecular complexity index is 874. The fraction of sp³-hybridized carbons (Fsp3) is 0.519. The summed E-state index contributed by atoms with van der Waals surface area (Å²) in [7, 11) is 0. The second kappa shape index (κ2) is 12.8. The highest BCUT2D eigenvalue weighted by atomic mass is 19.1. The van der Waals surface area contributed by atoms with Gasteiger partial charge < -0.3 is 14.4 Å². The van der Waals surface area contributed by atoms with Crippen molar-refractivity contribution in [2.45, 2.75) is 45.6 Å². The number of likely N-dealkylation sites (tertiary alicyclic amines) is 1. The zero-order chi connectivity index (χ0) is 23.6. The molecule has 0 aliphatic carbocycles. The maximum absolute atomic E-state index is 14.4. The molecule has 0 bridgehead atoms. The van der Waals surface area contributed by atoms with Crippen molar-refractivity contribution in [2.24, 2.45) is 11.8 Å². The molecule has 0 N–H and O–H groups in total. The highest BCUT2D eigenvalue weighted by Crippen LogP contribution is 2.29. The number of carbonyl (C=O) groups excluding carboxylic acids is 1. The molecule has 180 valence electrons. The largest absolute Gasteiger partial charge is 0.466 e. The van der Waals surface area contributed by atoms with E-state index in [4.69, 9.17) is 9.47 Å². The average molecular weight is 460 g/mol. The molecule has 1 fully saturated rings. The summed E-state index contributed by atoms with van der Waals surface area (Å²) in [6.07, 6.45) is 2.78. The van der Waals surface area contributed by atoms with Gasteiger partial charge in [0.15, 0.2) is 0 Å². The van der Waals surface area contributed by atoms with Gasteiger partial charge in [-0.3, -0.25) is 4.79 Å². The number of hydrogen-bond acceptors (Lipinski definition) is 4. The van der Waals surface area contributed by atoms with Crippen LogP contribution in [0, 0.1) is 23.5 Å². The van der Waals surface area contributed by atoms with Gasteiger partial charge in [-0.1, -0.05) is 37.3 Å². The predicted octanol–water partition coefficient (Wildman–Crippen LogP) is 5.76. The zero-order valence-corrected chi connectivity index (χ0v) is 19.6. The molecule has 2 aromatic rings. The van der Waals surface area contributed by atoms with Gasteiger partial charge in [0.25, 0.3) is 0 Å². The molecule has 1 aliphatic heterocycles. The van der Waals surface area contributed by atoms with Crippen LogP contribution in [-0.2, 0) is 14.3 Å². The molecule has 0 aromatic heterocycles. The van der Waals surface area contributed by atoms with Crippen molar-refractivity contribution in [3.63, 3.8) is 0 Å². The Kier molecular flexibility index (Phi) is 9.82. The molecule has 1 unspecified atom stereocenters. The number of rotatable bonds is 11. The molecule has 0 radical (unpaired) electrons. The lowest BCUT2D eigenvalue weighted by Crippen LogP contribution is -2.40. The summed E-state index contributed by atoms with van der Waals surface area (Å²) in [6, 6.07) is 12.6. The van der Waals surface area contributed by atoms with Gasteiger partial charge in [0.2, 0.25) is 0 Å². The third-order valence-corrected chi connectivity index (χ3v) is 6.41. The number of piperidine rings is 1. The van der Waals surface area contributed by atoms with Crippen LogP contribution >= 0.6 is 0 Å². The van der Waals surface area contributed by atoms with Crippen LogP contribution in [0.5, 0.6) is 0 Å². The van der Waals surface area contributed by atoms with Crippen LogP contribution in [0.1, 0.15) is 56.8 Å². The SMILES string of the molecule is CCOC(=O)C[C@H]1CCN(CCCCOC(c2ccc(F)cc2)c2ccccc2F)C[C@H]1C. The summed E-state index contributed by atoms with van der Waals surface area (Å²) in [5, 5.41) is 0. The first-order valence-corrected chi connectivity index (χ1v) is 12.0. The zero-order valence-electron chi connectivity index (χ0n) is 19.6. The number of hydrogen-bond donors (Lipinski definition) is 0. The topological polar surface area (TPSA) is 38.8 Å². The maximum atomic E-state index is 14.4. The van der Waals surface area contributed by atoms with Crippen LogP contribution in [0.25, 0.3) is 0 Å². The molecule has 1 aliphatic rings. The van der Waals surface area contributed by atoms with E-state index >= 15 is 0 Å². The van der Waals surface area contributed by atoms with Crippen LogP contribution < -0.4 is 0 Å². The first kappa shape index (κ1) is 25.3. The number of halogens is 2. The van der Waals surface area contributed by atoms with Crippen molar-refractivity contribution in [1.82, 2.24) is 4.90 Å². The molecule has 0 saturated carbocycles. The highest BCUT2D eigenvalue weighted by Gasteiger charge is 2.28. The van der Waals surface area contributed by atoms with E-state index in [-0.39, 0.29) is 17.6 Å². The van der Waals surface area contributed by atoms with E-state index in [0.29, 0.717) is 37.0 Å². The van der Waals surface area contributed by atoms with Crippen molar-refractivity contribution >= 4 is 5.97 Å². The number of benzene rings is 2. The summed E-state index contributed by atoms with van der Waals surface area (Å²) in [5.74, 6) is 0.104. The van der Waals surface area contributed by atoms with Crippen molar-refractivity contribution < 1.29 is 23.0 Å². The van der Waals surface area contributed by atoms with E-state index in [1.54, 1.807) is 30.3 Å². The molecule has 1 saturated heterocycles. The number of unbranched alkanes of at least 4 members (excludes halogenated alkanes) is 1.